The number of hydrogen-bond acceptors (Lipinski definition) is 4. The molecule has 1 fully saturated rings. The largest absolute Gasteiger partial charge is 0.277 e. The van der Waals surface area contributed by atoms with Crippen LogP contribution in [0, 0.1) is 0 Å². The molecule has 0 saturated carbocycles. The maximum atomic E-state index is 13.1. The van der Waals surface area contributed by atoms with Gasteiger partial charge in [0, 0.05) is 12.1 Å². The minimum Gasteiger partial charge on any atom is -0.277 e. The Morgan fingerprint density at radius 3 is 2.17 bits per heavy atom. The molecule has 0 spiro atoms. The van der Waals surface area contributed by atoms with Gasteiger partial charge in [0.05, 0.1) is 4.90 Å². The van der Waals surface area contributed by atoms with Gasteiger partial charge in [-0.15, -0.1) is 0 Å². The number of carbonyl (C=O) groups is 2. The quantitative estimate of drug-likeness (QED) is 0.714. The number of rotatable bonds is 3. The fraction of sp³-hybridized carbons (Fsp3) is 0.391. The van der Waals surface area contributed by atoms with Gasteiger partial charge in [-0.05, 0) is 54.5 Å². The Hall–Kier alpha value is -2.47. The molecular formula is C23H27NO4S. The van der Waals surface area contributed by atoms with Crippen molar-refractivity contribution in [2.45, 2.75) is 55.6 Å². The van der Waals surface area contributed by atoms with E-state index < -0.39 is 26.9 Å². The molecular weight excluding hydrogens is 386 g/mol. The van der Waals surface area contributed by atoms with Crippen LogP contribution >= 0.6 is 0 Å². The fourth-order valence-corrected chi connectivity index (χ4v) is 5.27. The van der Waals surface area contributed by atoms with E-state index in [2.05, 4.69) is 20.8 Å². The van der Waals surface area contributed by atoms with Crippen LogP contribution in [0.1, 0.15) is 56.0 Å². The van der Waals surface area contributed by atoms with Crippen molar-refractivity contribution in [3.05, 3.63) is 65.7 Å². The van der Waals surface area contributed by atoms with Crippen LogP contribution in [0.3, 0.4) is 0 Å². The average molecular weight is 414 g/mol. The van der Waals surface area contributed by atoms with Gasteiger partial charge >= 0.3 is 0 Å². The predicted octanol–water partition coefficient (Wildman–Crippen LogP) is 3.98. The molecule has 1 atom stereocenters. The number of benzene rings is 2. The molecule has 2 aromatic carbocycles. The van der Waals surface area contributed by atoms with Gasteiger partial charge in [-0.2, -0.15) is 0 Å². The molecule has 6 heteroatoms. The minimum atomic E-state index is -3.85. The second-order valence-corrected chi connectivity index (χ2v) is 10.6. The van der Waals surface area contributed by atoms with Crippen molar-refractivity contribution in [1.82, 2.24) is 4.90 Å². The molecule has 0 radical (unpaired) electrons. The molecule has 0 aromatic heterocycles. The van der Waals surface area contributed by atoms with Crippen LogP contribution in [0.4, 0.5) is 0 Å². The van der Waals surface area contributed by atoms with Gasteiger partial charge in [-0.25, -0.2) is 8.42 Å². The maximum Gasteiger partial charge on any atom is 0.260 e. The molecule has 1 aliphatic heterocycles. The molecule has 0 bridgehead atoms. The molecule has 0 aliphatic carbocycles. The normalized spacial score (nSPS) is 18.4. The predicted molar refractivity (Wildman–Crippen MR) is 112 cm³/mol. The zero-order valence-corrected chi connectivity index (χ0v) is 17.9. The third-order valence-corrected chi connectivity index (χ3v) is 7.44. The molecule has 1 aliphatic rings. The van der Waals surface area contributed by atoms with Crippen LogP contribution in [0.15, 0.2) is 59.5 Å². The molecule has 5 nitrogen and oxygen atoms in total. The van der Waals surface area contributed by atoms with Gasteiger partial charge in [0.15, 0.2) is 9.84 Å². The van der Waals surface area contributed by atoms with Crippen LogP contribution in [0.25, 0.3) is 0 Å². The monoisotopic (exact) mass is 413 g/mol. The van der Waals surface area contributed by atoms with Crippen molar-refractivity contribution in [1.29, 1.82) is 0 Å². The van der Waals surface area contributed by atoms with Gasteiger partial charge in [-0.1, -0.05) is 51.1 Å². The second-order valence-electron chi connectivity index (χ2n) is 8.46. The minimum absolute atomic E-state index is 0.0468. The molecule has 154 valence electrons. The topological polar surface area (TPSA) is 71.5 Å². The number of carbonyl (C=O) groups excluding carboxylic acids is 2. The lowest BCUT2D eigenvalue weighted by molar-refractivity contribution is -0.127. The fourth-order valence-electron chi connectivity index (χ4n) is 3.54. The molecule has 3 rings (SSSR count). The standard InChI is InChI=1S/C23H27NO4S/c1-23(2,3)18-14-12-17(13-15-18)21(25)24-16-8-7-11-20(22(24)26)29(27,28)19-9-5-4-6-10-19/h4-6,9-10,12-15,20H,7-8,11,16H2,1-3H3. The number of imide groups is 1. The molecule has 1 unspecified atom stereocenters. The van der Waals surface area contributed by atoms with E-state index in [1.165, 1.54) is 12.1 Å². The van der Waals surface area contributed by atoms with Crippen LogP contribution in [-0.2, 0) is 20.0 Å². The van der Waals surface area contributed by atoms with Crippen molar-refractivity contribution < 1.29 is 18.0 Å². The summed E-state index contributed by atoms with van der Waals surface area (Å²) in [5.41, 5.74) is 1.43. The Kier molecular flexibility index (Phi) is 5.94. The van der Waals surface area contributed by atoms with E-state index in [0.717, 1.165) is 10.5 Å². The summed E-state index contributed by atoms with van der Waals surface area (Å²) in [6.45, 7) is 6.49. The van der Waals surface area contributed by atoms with Crippen molar-refractivity contribution in [3.8, 4) is 0 Å². The first-order valence-electron chi connectivity index (χ1n) is 9.87. The highest BCUT2D eigenvalue weighted by molar-refractivity contribution is 7.92. The summed E-state index contributed by atoms with van der Waals surface area (Å²) in [7, 11) is -3.85. The SMILES string of the molecule is CC(C)(C)c1ccc(C(=O)N2CCCCC(S(=O)(=O)c3ccccc3)C2=O)cc1. The van der Waals surface area contributed by atoms with Crippen LogP contribution in [0.5, 0.6) is 0 Å². The van der Waals surface area contributed by atoms with E-state index >= 15 is 0 Å². The molecule has 1 heterocycles. The Labute approximate surface area is 172 Å². The van der Waals surface area contributed by atoms with Gasteiger partial charge in [-0.3, -0.25) is 14.5 Å². The van der Waals surface area contributed by atoms with Gasteiger partial charge in [0.2, 0.25) is 5.91 Å². The zero-order valence-electron chi connectivity index (χ0n) is 17.1. The van der Waals surface area contributed by atoms with E-state index in [0.29, 0.717) is 18.4 Å². The number of hydrogen-bond donors (Lipinski definition) is 0. The van der Waals surface area contributed by atoms with Crippen LogP contribution in [-0.4, -0.2) is 36.9 Å². The first kappa shape index (κ1) is 21.2. The average Bonchev–Trinajstić information content (AvgIpc) is 2.89. The molecule has 2 aromatic rings. The molecule has 2 amide bonds. The van der Waals surface area contributed by atoms with Crippen molar-refractivity contribution >= 4 is 21.7 Å². The molecule has 1 saturated heterocycles. The highest BCUT2D eigenvalue weighted by Gasteiger charge is 2.40. The molecule has 0 N–H and O–H groups in total. The Balaban J connectivity index is 1.89. The summed E-state index contributed by atoms with van der Waals surface area (Å²) in [5.74, 6) is -1.07. The van der Waals surface area contributed by atoms with E-state index in [1.807, 2.05) is 12.1 Å². The highest BCUT2D eigenvalue weighted by atomic mass is 32.2. The number of sulfone groups is 1. The zero-order chi connectivity index (χ0) is 21.2. The summed E-state index contributed by atoms with van der Waals surface area (Å²) >= 11 is 0. The van der Waals surface area contributed by atoms with Gasteiger partial charge in [0.1, 0.15) is 5.25 Å². The van der Waals surface area contributed by atoms with Crippen LogP contribution in [0.2, 0.25) is 0 Å². The number of amides is 2. The van der Waals surface area contributed by atoms with Crippen molar-refractivity contribution in [2.24, 2.45) is 0 Å². The van der Waals surface area contributed by atoms with Crippen molar-refractivity contribution in [3.63, 3.8) is 0 Å². The van der Waals surface area contributed by atoms with Gasteiger partial charge < -0.3 is 0 Å². The maximum absolute atomic E-state index is 13.1. The highest BCUT2D eigenvalue weighted by Crippen LogP contribution is 2.26. The summed E-state index contributed by atoms with van der Waals surface area (Å²) in [6, 6.07) is 15.2. The number of nitrogens with zero attached hydrogens (tertiary/aromatic N) is 1. The third kappa shape index (κ3) is 4.42. The summed E-state index contributed by atoms with van der Waals surface area (Å²) in [6.07, 6.45) is 1.40. The first-order valence-corrected chi connectivity index (χ1v) is 11.4. The van der Waals surface area contributed by atoms with Gasteiger partial charge in [0.25, 0.3) is 5.91 Å². The number of likely N-dealkylation sites (tertiary alicyclic amines) is 1. The third-order valence-electron chi connectivity index (χ3n) is 5.33. The van der Waals surface area contributed by atoms with E-state index in [-0.39, 0.29) is 23.3 Å². The van der Waals surface area contributed by atoms with E-state index in [1.54, 1.807) is 30.3 Å². The summed E-state index contributed by atoms with van der Waals surface area (Å²) in [5, 5.41) is -1.23. The Morgan fingerprint density at radius 2 is 1.59 bits per heavy atom. The molecule has 29 heavy (non-hydrogen) atoms. The first-order chi connectivity index (χ1) is 13.6. The summed E-state index contributed by atoms with van der Waals surface area (Å²) in [4.78, 5) is 27.4. The van der Waals surface area contributed by atoms with Crippen LogP contribution < -0.4 is 0 Å². The lowest BCUT2D eigenvalue weighted by atomic mass is 9.86. The Bertz CT molecular complexity index is 989. The second kappa shape index (κ2) is 8.11. The lowest BCUT2D eigenvalue weighted by Gasteiger charge is -2.24. The van der Waals surface area contributed by atoms with E-state index in [4.69, 9.17) is 0 Å². The lowest BCUT2D eigenvalue weighted by Crippen LogP contribution is -2.45. The Morgan fingerprint density at radius 1 is 0.966 bits per heavy atom. The van der Waals surface area contributed by atoms with Crippen molar-refractivity contribution in [2.75, 3.05) is 6.54 Å². The smallest absolute Gasteiger partial charge is 0.260 e. The van der Waals surface area contributed by atoms with E-state index in [9.17, 15) is 18.0 Å². The summed E-state index contributed by atoms with van der Waals surface area (Å²) < 4.78 is 26.1.